The number of rotatable bonds is 9. The van der Waals surface area contributed by atoms with Crippen molar-refractivity contribution >= 4 is 23.4 Å². The van der Waals surface area contributed by atoms with E-state index in [0.717, 1.165) is 22.4 Å². The number of nitrogens with zero attached hydrogens (tertiary/aromatic N) is 1. The van der Waals surface area contributed by atoms with Crippen LogP contribution >= 0.6 is 11.6 Å². The predicted octanol–water partition coefficient (Wildman–Crippen LogP) is 4.62. The van der Waals surface area contributed by atoms with E-state index < -0.39 is 6.04 Å². The van der Waals surface area contributed by atoms with Crippen molar-refractivity contribution < 1.29 is 14.3 Å². The molecule has 6 heteroatoms. The van der Waals surface area contributed by atoms with Crippen molar-refractivity contribution in [3.8, 4) is 5.75 Å². The Morgan fingerprint density at radius 3 is 2.16 bits per heavy atom. The first kappa shape index (κ1) is 23.4. The lowest BCUT2D eigenvalue weighted by Crippen LogP contribution is -2.47. The van der Waals surface area contributed by atoms with Crippen molar-refractivity contribution in [2.45, 2.75) is 32.5 Å². The molecule has 1 N–H and O–H groups in total. The summed E-state index contributed by atoms with van der Waals surface area (Å²) in [6, 6.07) is 23.7. The molecule has 166 valence electrons. The van der Waals surface area contributed by atoms with Crippen molar-refractivity contribution in [2.75, 3.05) is 7.11 Å². The highest BCUT2D eigenvalue weighted by Crippen LogP contribution is 2.17. The standard InChI is InChI=1S/C26H27ClN2O3/c1-19(26(31)28-17-21-6-4-3-5-7-21)29(18-22-10-14-24(32-2)15-11-22)25(30)16-20-8-12-23(27)13-9-20/h3-15,19H,16-18H2,1-2H3,(H,28,31). The van der Waals surface area contributed by atoms with Crippen molar-refractivity contribution in [1.82, 2.24) is 10.2 Å². The van der Waals surface area contributed by atoms with E-state index in [1.165, 1.54) is 0 Å². The van der Waals surface area contributed by atoms with Gasteiger partial charge in [0.1, 0.15) is 11.8 Å². The van der Waals surface area contributed by atoms with E-state index in [1.54, 1.807) is 31.1 Å². The molecule has 0 aliphatic carbocycles. The number of ether oxygens (including phenoxy) is 1. The Hall–Kier alpha value is -3.31. The van der Waals surface area contributed by atoms with E-state index in [2.05, 4.69) is 5.32 Å². The van der Waals surface area contributed by atoms with Crippen LogP contribution in [0, 0.1) is 0 Å². The van der Waals surface area contributed by atoms with Gasteiger partial charge in [0.15, 0.2) is 0 Å². The topological polar surface area (TPSA) is 58.6 Å². The summed E-state index contributed by atoms with van der Waals surface area (Å²) in [7, 11) is 1.61. The van der Waals surface area contributed by atoms with E-state index >= 15 is 0 Å². The van der Waals surface area contributed by atoms with Crippen LogP contribution < -0.4 is 10.1 Å². The van der Waals surface area contributed by atoms with Gasteiger partial charge in [0.05, 0.1) is 13.5 Å². The Morgan fingerprint density at radius 1 is 0.906 bits per heavy atom. The molecule has 0 saturated heterocycles. The number of benzene rings is 3. The highest BCUT2D eigenvalue weighted by Gasteiger charge is 2.26. The molecule has 0 aliphatic rings. The number of nitrogens with one attached hydrogen (secondary N) is 1. The molecule has 32 heavy (non-hydrogen) atoms. The lowest BCUT2D eigenvalue weighted by molar-refractivity contribution is -0.140. The van der Waals surface area contributed by atoms with Crippen LogP contribution in [0.2, 0.25) is 5.02 Å². The smallest absolute Gasteiger partial charge is 0.242 e. The summed E-state index contributed by atoms with van der Waals surface area (Å²) < 4.78 is 5.21. The van der Waals surface area contributed by atoms with E-state index in [4.69, 9.17) is 16.3 Å². The Labute approximate surface area is 194 Å². The Bertz CT molecular complexity index is 1020. The van der Waals surface area contributed by atoms with Crippen molar-refractivity contribution in [1.29, 1.82) is 0 Å². The van der Waals surface area contributed by atoms with Gasteiger partial charge >= 0.3 is 0 Å². The van der Waals surface area contributed by atoms with Gasteiger partial charge in [-0.05, 0) is 47.9 Å². The van der Waals surface area contributed by atoms with Crippen LogP contribution in [0.15, 0.2) is 78.9 Å². The molecule has 0 aliphatic heterocycles. The number of hydrogen-bond donors (Lipinski definition) is 1. The van der Waals surface area contributed by atoms with Gasteiger partial charge < -0.3 is 15.0 Å². The van der Waals surface area contributed by atoms with Crippen molar-refractivity contribution in [3.05, 3.63) is 101 Å². The molecule has 0 aromatic heterocycles. The van der Waals surface area contributed by atoms with E-state index in [-0.39, 0.29) is 18.2 Å². The van der Waals surface area contributed by atoms with Gasteiger partial charge in [0, 0.05) is 18.1 Å². The highest BCUT2D eigenvalue weighted by atomic mass is 35.5. The zero-order chi connectivity index (χ0) is 22.9. The number of carbonyl (C=O) groups is 2. The minimum atomic E-state index is -0.638. The van der Waals surface area contributed by atoms with Gasteiger partial charge in [-0.25, -0.2) is 0 Å². The summed E-state index contributed by atoms with van der Waals surface area (Å²) >= 11 is 5.96. The summed E-state index contributed by atoms with van der Waals surface area (Å²) in [6.45, 7) is 2.48. The maximum atomic E-state index is 13.2. The molecule has 0 radical (unpaired) electrons. The van der Waals surface area contributed by atoms with Crippen LogP contribution in [0.25, 0.3) is 0 Å². The second kappa shape index (κ2) is 11.3. The molecule has 1 unspecified atom stereocenters. The number of halogens is 1. The SMILES string of the molecule is COc1ccc(CN(C(=O)Cc2ccc(Cl)cc2)C(C)C(=O)NCc2ccccc2)cc1. The average molecular weight is 451 g/mol. The predicted molar refractivity (Wildman–Crippen MR) is 126 cm³/mol. The Kier molecular flexibility index (Phi) is 8.28. The third-order valence-electron chi connectivity index (χ3n) is 5.26. The zero-order valence-corrected chi connectivity index (χ0v) is 19.0. The molecule has 0 saturated carbocycles. The van der Waals surface area contributed by atoms with Crippen LogP contribution in [-0.2, 0) is 29.1 Å². The Morgan fingerprint density at radius 2 is 1.53 bits per heavy atom. The normalized spacial score (nSPS) is 11.5. The lowest BCUT2D eigenvalue weighted by atomic mass is 10.1. The molecule has 5 nitrogen and oxygen atoms in total. The number of hydrogen-bond acceptors (Lipinski definition) is 3. The molecule has 0 spiro atoms. The molecule has 1 atom stereocenters. The van der Waals surface area contributed by atoms with Gasteiger partial charge in [0.25, 0.3) is 0 Å². The molecule has 2 amide bonds. The summed E-state index contributed by atoms with van der Waals surface area (Å²) in [5, 5.41) is 3.55. The second-order valence-electron chi connectivity index (χ2n) is 7.55. The molecule has 3 aromatic carbocycles. The first-order valence-electron chi connectivity index (χ1n) is 10.4. The Balaban J connectivity index is 1.74. The number of carbonyl (C=O) groups excluding carboxylic acids is 2. The largest absolute Gasteiger partial charge is 0.497 e. The van der Waals surface area contributed by atoms with Crippen LogP contribution in [0.3, 0.4) is 0 Å². The third-order valence-corrected chi connectivity index (χ3v) is 5.51. The highest BCUT2D eigenvalue weighted by molar-refractivity contribution is 6.30. The lowest BCUT2D eigenvalue weighted by Gasteiger charge is -2.29. The molecule has 3 aromatic rings. The fourth-order valence-corrected chi connectivity index (χ4v) is 3.45. The first-order valence-corrected chi connectivity index (χ1v) is 10.8. The molecule has 0 fully saturated rings. The monoisotopic (exact) mass is 450 g/mol. The minimum absolute atomic E-state index is 0.134. The summed E-state index contributed by atoms with van der Waals surface area (Å²) in [5.41, 5.74) is 2.76. The summed E-state index contributed by atoms with van der Waals surface area (Å²) in [4.78, 5) is 27.7. The number of methoxy groups -OCH3 is 1. The van der Waals surface area contributed by atoms with Crippen molar-refractivity contribution in [2.24, 2.45) is 0 Å². The van der Waals surface area contributed by atoms with Gasteiger partial charge in [-0.15, -0.1) is 0 Å². The molecule has 3 rings (SSSR count). The van der Waals surface area contributed by atoms with Gasteiger partial charge in [-0.2, -0.15) is 0 Å². The quantitative estimate of drug-likeness (QED) is 0.517. The van der Waals surface area contributed by atoms with E-state index in [9.17, 15) is 9.59 Å². The van der Waals surface area contributed by atoms with Crippen LogP contribution in [0.4, 0.5) is 0 Å². The first-order chi connectivity index (χ1) is 15.5. The maximum Gasteiger partial charge on any atom is 0.242 e. The average Bonchev–Trinajstić information content (AvgIpc) is 2.83. The van der Waals surface area contributed by atoms with Gasteiger partial charge in [0.2, 0.25) is 11.8 Å². The zero-order valence-electron chi connectivity index (χ0n) is 18.3. The summed E-state index contributed by atoms with van der Waals surface area (Å²) in [6.07, 6.45) is 0.184. The van der Waals surface area contributed by atoms with E-state index in [0.29, 0.717) is 18.1 Å². The minimum Gasteiger partial charge on any atom is -0.497 e. The number of amides is 2. The van der Waals surface area contributed by atoms with Gasteiger partial charge in [-0.1, -0.05) is 66.2 Å². The van der Waals surface area contributed by atoms with Crippen LogP contribution in [0.1, 0.15) is 23.6 Å². The van der Waals surface area contributed by atoms with Gasteiger partial charge in [-0.3, -0.25) is 9.59 Å². The summed E-state index contributed by atoms with van der Waals surface area (Å²) in [5.74, 6) is 0.402. The molecular formula is C26H27ClN2O3. The molecular weight excluding hydrogens is 424 g/mol. The van der Waals surface area contributed by atoms with Crippen LogP contribution in [0.5, 0.6) is 5.75 Å². The fourth-order valence-electron chi connectivity index (χ4n) is 3.32. The fraction of sp³-hybridized carbons (Fsp3) is 0.231. The second-order valence-corrected chi connectivity index (χ2v) is 7.99. The molecule has 0 heterocycles. The van der Waals surface area contributed by atoms with Crippen molar-refractivity contribution in [3.63, 3.8) is 0 Å². The maximum absolute atomic E-state index is 13.2. The third kappa shape index (κ3) is 6.59. The molecule has 0 bridgehead atoms. The van der Waals surface area contributed by atoms with Crippen LogP contribution in [-0.4, -0.2) is 29.9 Å². The van der Waals surface area contributed by atoms with E-state index in [1.807, 2.05) is 66.7 Å².